The van der Waals surface area contributed by atoms with Crippen LogP contribution in [0.4, 0.5) is 4.79 Å². The monoisotopic (exact) mass is 254 g/mol. The molecule has 104 valence electrons. The van der Waals surface area contributed by atoms with Gasteiger partial charge in [-0.3, -0.25) is 4.90 Å². The molecule has 1 atom stereocenters. The second kappa shape index (κ2) is 4.72. The molecule has 0 aromatic carbocycles. The molecule has 1 saturated carbocycles. The van der Waals surface area contributed by atoms with Crippen molar-refractivity contribution < 1.29 is 9.53 Å². The van der Waals surface area contributed by atoms with Crippen LogP contribution in [0.25, 0.3) is 0 Å². The standard InChI is InChI=1S/C14H26N2O2/c1-11(15-12(17)18-13(2,3)4)10-16-9-8-14(16)6-5-7-14/h11H,5-10H2,1-4H3,(H,15,17)/t11-/m1/s1. The summed E-state index contributed by atoms with van der Waals surface area (Å²) in [4.78, 5) is 14.2. The molecule has 2 aliphatic rings. The van der Waals surface area contributed by atoms with E-state index in [1.807, 2.05) is 20.8 Å². The number of likely N-dealkylation sites (tertiary alicyclic amines) is 1. The average molecular weight is 254 g/mol. The van der Waals surface area contributed by atoms with Crippen LogP contribution in [0.1, 0.15) is 53.4 Å². The second-order valence-electron chi connectivity index (χ2n) is 6.82. The number of rotatable bonds is 3. The van der Waals surface area contributed by atoms with Crippen LogP contribution in [0, 0.1) is 0 Å². The Morgan fingerprint density at radius 3 is 2.44 bits per heavy atom. The van der Waals surface area contributed by atoms with Crippen LogP contribution in [0.5, 0.6) is 0 Å². The van der Waals surface area contributed by atoms with E-state index < -0.39 is 5.60 Å². The first-order valence-corrected chi connectivity index (χ1v) is 7.05. The summed E-state index contributed by atoms with van der Waals surface area (Å²) in [5.74, 6) is 0. The number of hydrogen-bond donors (Lipinski definition) is 1. The van der Waals surface area contributed by atoms with Crippen LogP contribution in [0.15, 0.2) is 0 Å². The first-order chi connectivity index (χ1) is 8.31. The summed E-state index contributed by atoms with van der Waals surface area (Å²) in [5, 5.41) is 2.92. The molecule has 0 radical (unpaired) electrons. The minimum atomic E-state index is -0.421. The SMILES string of the molecule is C[C@H](CN1CCC12CCC2)NC(=O)OC(C)(C)C. The van der Waals surface area contributed by atoms with Gasteiger partial charge in [-0.15, -0.1) is 0 Å². The third kappa shape index (κ3) is 2.97. The minimum Gasteiger partial charge on any atom is -0.444 e. The smallest absolute Gasteiger partial charge is 0.407 e. The number of carbonyl (C=O) groups excluding carboxylic acids is 1. The molecular formula is C14H26N2O2. The zero-order valence-electron chi connectivity index (χ0n) is 12.1. The normalized spacial score (nSPS) is 24.0. The van der Waals surface area contributed by atoms with Crippen LogP contribution in [-0.2, 0) is 4.74 Å². The predicted octanol–water partition coefficient (Wildman–Crippen LogP) is 2.53. The summed E-state index contributed by atoms with van der Waals surface area (Å²) in [5.41, 5.74) is 0.0830. The van der Waals surface area contributed by atoms with Gasteiger partial charge in [-0.1, -0.05) is 0 Å². The number of amides is 1. The van der Waals surface area contributed by atoms with E-state index in [0.29, 0.717) is 5.54 Å². The van der Waals surface area contributed by atoms with Gasteiger partial charge in [0.2, 0.25) is 0 Å². The molecule has 1 N–H and O–H groups in total. The topological polar surface area (TPSA) is 41.6 Å². The molecule has 0 aromatic heterocycles. The molecule has 0 bridgehead atoms. The molecule has 4 heteroatoms. The third-order valence-corrected chi connectivity index (χ3v) is 4.06. The van der Waals surface area contributed by atoms with Gasteiger partial charge < -0.3 is 10.1 Å². The average Bonchev–Trinajstić information content (AvgIpc) is 2.06. The lowest BCUT2D eigenvalue weighted by Gasteiger charge is -2.59. The van der Waals surface area contributed by atoms with Gasteiger partial charge in [0.15, 0.2) is 0 Å². The van der Waals surface area contributed by atoms with Gasteiger partial charge >= 0.3 is 6.09 Å². The van der Waals surface area contributed by atoms with Gasteiger partial charge in [-0.2, -0.15) is 0 Å². The fourth-order valence-electron chi connectivity index (χ4n) is 2.91. The van der Waals surface area contributed by atoms with Crippen LogP contribution in [0.2, 0.25) is 0 Å². The molecule has 2 rings (SSSR count). The molecule has 18 heavy (non-hydrogen) atoms. The maximum absolute atomic E-state index is 11.6. The number of hydrogen-bond acceptors (Lipinski definition) is 3. The fraction of sp³-hybridized carbons (Fsp3) is 0.929. The first-order valence-electron chi connectivity index (χ1n) is 7.05. The fourth-order valence-corrected chi connectivity index (χ4v) is 2.91. The van der Waals surface area contributed by atoms with E-state index in [-0.39, 0.29) is 12.1 Å². The Bertz CT molecular complexity index is 313. The van der Waals surface area contributed by atoms with Crippen molar-refractivity contribution in [2.45, 2.75) is 70.6 Å². The van der Waals surface area contributed by atoms with Gasteiger partial charge in [0, 0.05) is 24.7 Å². The lowest BCUT2D eigenvalue weighted by atomic mass is 9.68. The van der Waals surface area contributed by atoms with Crippen molar-refractivity contribution in [3.8, 4) is 0 Å². The van der Waals surface area contributed by atoms with E-state index in [1.165, 1.54) is 32.2 Å². The highest BCUT2D eigenvalue weighted by Gasteiger charge is 2.48. The van der Waals surface area contributed by atoms with E-state index in [2.05, 4.69) is 17.1 Å². The van der Waals surface area contributed by atoms with Crippen LogP contribution < -0.4 is 5.32 Å². The molecule has 4 nitrogen and oxygen atoms in total. The van der Waals surface area contributed by atoms with Crippen molar-refractivity contribution in [2.75, 3.05) is 13.1 Å². The minimum absolute atomic E-state index is 0.151. The van der Waals surface area contributed by atoms with E-state index in [1.54, 1.807) is 0 Å². The summed E-state index contributed by atoms with van der Waals surface area (Å²) in [6.45, 7) is 9.83. The Morgan fingerprint density at radius 1 is 1.39 bits per heavy atom. The number of nitrogens with zero attached hydrogens (tertiary/aromatic N) is 1. The number of ether oxygens (including phenoxy) is 1. The Kier molecular flexibility index (Phi) is 3.58. The molecule has 0 unspecified atom stereocenters. The summed E-state index contributed by atoms with van der Waals surface area (Å²) in [6.07, 6.45) is 5.08. The maximum atomic E-state index is 11.6. The zero-order chi connectivity index (χ0) is 13.4. The molecule has 0 aromatic rings. The number of carbonyl (C=O) groups is 1. The molecule has 1 aliphatic carbocycles. The van der Waals surface area contributed by atoms with Gasteiger partial charge in [-0.05, 0) is 53.4 Å². The van der Waals surface area contributed by atoms with Crippen molar-refractivity contribution >= 4 is 6.09 Å². The number of alkyl carbamates (subject to hydrolysis) is 1. The Balaban J connectivity index is 1.72. The summed E-state index contributed by atoms with van der Waals surface area (Å²) in [7, 11) is 0. The highest BCUT2D eigenvalue weighted by atomic mass is 16.6. The van der Waals surface area contributed by atoms with Crippen molar-refractivity contribution in [1.82, 2.24) is 10.2 Å². The summed E-state index contributed by atoms with van der Waals surface area (Å²) >= 11 is 0. The second-order valence-corrected chi connectivity index (χ2v) is 6.82. The highest BCUT2D eigenvalue weighted by molar-refractivity contribution is 5.68. The lowest BCUT2D eigenvalue weighted by Crippen LogP contribution is -2.65. The van der Waals surface area contributed by atoms with Gasteiger partial charge in [0.25, 0.3) is 0 Å². The van der Waals surface area contributed by atoms with Crippen molar-refractivity contribution in [3.63, 3.8) is 0 Å². The van der Waals surface area contributed by atoms with E-state index in [0.717, 1.165) is 6.54 Å². The van der Waals surface area contributed by atoms with Crippen LogP contribution in [-0.4, -0.2) is 41.3 Å². The predicted molar refractivity (Wildman–Crippen MR) is 71.6 cm³/mol. The van der Waals surface area contributed by atoms with Crippen molar-refractivity contribution in [2.24, 2.45) is 0 Å². The van der Waals surface area contributed by atoms with E-state index >= 15 is 0 Å². The molecule has 1 heterocycles. The van der Waals surface area contributed by atoms with Gasteiger partial charge in [-0.25, -0.2) is 4.79 Å². The lowest BCUT2D eigenvalue weighted by molar-refractivity contribution is -0.0763. The third-order valence-electron chi connectivity index (χ3n) is 4.06. The summed E-state index contributed by atoms with van der Waals surface area (Å²) < 4.78 is 5.27. The molecule has 1 spiro atoms. The van der Waals surface area contributed by atoms with Crippen LogP contribution in [0.3, 0.4) is 0 Å². The molecular weight excluding hydrogens is 228 g/mol. The van der Waals surface area contributed by atoms with Gasteiger partial charge in [0.1, 0.15) is 5.60 Å². The zero-order valence-corrected chi connectivity index (χ0v) is 12.1. The van der Waals surface area contributed by atoms with Crippen molar-refractivity contribution in [1.29, 1.82) is 0 Å². The quantitative estimate of drug-likeness (QED) is 0.841. The number of nitrogens with one attached hydrogen (secondary N) is 1. The van der Waals surface area contributed by atoms with Crippen LogP contribution >= 0.6 is 0 Å². The maximum Gasteiger partial charge on any atom is 0.407 e. The molecule has 2 fully saturated rings. The van der Waals surface area contributed by atoms with E-state index in [9.17, 15) is 4.79 Å². The van der Waals surface area contributed by atoms with Crippen molar-refractivity contribution in [3.05, 3.63) is 0 Å². The molecule has 1 aliphatic heterocycles. The molecule has 1 amide bonds. The largest absolute Gasteiger partial charge is 0.444 e. The first kappa shape index (κ1) is 13.7. The Morgan fingerprint density at radius 2 is 2.06 bits per heavy atom. The summed E-state index contributed by atoms with van der Waals surface area (Å²) in [6, 6.07) is 0.151. The molecule has 1 saturated heterocycles. The Hall–Kier alpha value is -0.770. The Labute approximate surface area is 110 Å². The van der Waals surface area contributed by atoms with Gasteiger partial charge in [0.05, 0.1) is 0 Å². The van der Waals surface area contributed by atoms with E-state index in [4.69, 9.17) is 4.74 Å². The highest BCUT2D eigenvalue weighted by Crippen LogP contribution is 2.46.